The summed E-state index contributed by atoms with van der Waals surface area (Å²) in [6, 6.07) is 14.1. The molecule has 0 aliphatic carbocycles. The van der Waals surface area contributed by atoms with Crippen LogP contribution in [0.1, 0.15) is 44.5 Å². The smallest absolute Gasteiger partial charge is 0.261 e. The minimum absolute atomic E-state index is 0.148. The Morgan fingerprint density at radius 3 is 2.44 bits per heavy atom. The number of nitrogens with one attached hydrogen (secondary N) is 2. The molecule has 34 heavy (non-hydrogen) atoms. The standard InChI is InChI=1S/C24H26N4O4S2/c1-2-13-28-14-12-19-20(15-28)33-24(21(19)22(25)29)26-23(30)16-8-10-17(11-9-16)27-34(31,32)18-6-4-3-5-7-18/h3-11,27H,2,12-15H2,1H3,(H2,25,29)(H,26,30). The molecule has 1 aliphatic rings. The second-order valence-electron chi connectivity index (χ2n) is 8.05. The van der Waals surface area contributed by atoms with Crippen LogP contribution in [-0.2, 0) is 23.0 Å². The highest BCUT2D eigenvalue weighted by molar-refractivity contribution is 7.92. The normalized spacial score (nSPS) is 13.8. The molecule has 0 spiro atoms. The summed E-state index contributed by atoms with van der Waals surface area (Å²) < 4.78 is 27.5. The molecule has 1 aromatic heterocycles. The van der Waals surface area contributed by atoms with Gasteiger partial charge in [-0.25, -0.2) is 8.42 Å². The topological polar surface area (TPSA) is 122 Å². The number of hydrogen-bond donors (Lipinski definition) is 3. The quantitative estimate of drug-likeness (QED) is 0.438. The molecule has 4 rings (SSSR count). The first-order valence-corrected chi connectivity index (χ1v) is 13.2. The number of carbonyl (C=O) groups excluding carboxylic acids is 2. The Labute approximate surface area is 202 Å². The van der Waals surface area contributed by atoms with Crippen molar-refractivity contribution in [3.05, 3.63) is 76.2 Å². The maximum Gasteiger partial charge on any atom is 0.261 e. The summed E-state index contributed by atoms with van der Waals surface area (Å²) in [6.45, 7) is 4.69. The number of anilines is 2. The van der Waals surface area contributed by atoms with Crippen molar-refractivity contribution in [3.63, 3.8) is 0 Å². The molecule has 2 amide bonds. The van der Waals surface area contributed by atoms with Crippen LogP contribution in [0.2, 0.25) is 0 Å². The number of primary amides is 1. The van der Waals surface area contributed by atoms with Crippen LogP contribution in [0.15, 0.2) is 59.5 Å². The Balaban J connectivity index is 1.50. The monoisotopic (exact) mass is 498 g/mol. The molecule has 10 heteroatoms. The minimum atomic E-state index is -3.73. The fraction of sp³-hybridized carbons (Fsp3) is 0.250. The molecule has 178 valence electrons. The number of thiophene rings is 1. The van der Waals surface area contributed by atoms with E-state index in [0.29, 0.717) is 21.8 Å². The van der Waals surface area contributed by atoms with Crippen LogP contribution in [0.25, 0.3) is 0 Å². The van der Waals surface area contributed by atoms with Gasteiger partial charge in [0.2, 0.25) is 0 Å². The molecule has 1 aliphatic heterocycles. The molecule has 0 atom stereocenters. The molecular weight excluding hydrogens is 472 g/mol. The van der Waals surface area contributed by atoms with Crippen molar-refractivity contribution in [2.45, 2.75) is 31.2 Å². The third-order valence-electron chi connectivity index (χ3n) is 5.60. The second-order valence-corrected chi connectivity index (χ2v) is 10.8. The highest BCUT2D eigenvalue weighted by Gasteiger charge is 2.27. The predicted molar refractivity (Wildman–Crippen MR) is 134 cm³/mol. The average molecular weight is 499 g/mol. The number of hydrogen-bond acceptors (Lipinski definition) is 6. The lowest BCUT2D eigenvalue weighted by Crippen LogP contribution is -2.31. The van der Waals surface area contributed by atoms with Gasteiger partial charge in [-0.1, -0.05) is 25.1 Å². The van der Waals surface area contributed by atoms with Gasteiger partial charge in [-0.15, -0.1) is 11.3 Å². The highest BCUT2D eigenvalue weighted by atomic mass is 32.2. The number of sulfonamides is 1. The van der Waals surface area contributed by atoms with E-state index in [-0.39, 0.29) is 4.90 Å². The van der Waals surface area contributed by atoms with Crippen molar-refractivity contribution in [2.75, 3.05) is 23.1 Å². The largest absolute Gasteiger partial charge is 0.365 e. The summed E-state index contributed by atoms with van der Waals surface area (Å²) in [7, 11) is -3.73. The third kappa shape index (κ3) is 5.14. The summed E-state index contributed by atoms with van der Waals surface area (Å²) in [4.78, 5) is 28.6. The Hall–Kier alpha value is -3.21. The van der Waals surface area contributed by atoms with Crippen LogP contribution in [-0.4, -0.2) is 38.2 Å². The highest BCUT2D eigenvalue weighted by Crippen LogP contribution is 2.37. The molecule has 2 heterocycles. The molecule has 8 nitrogen and oxygen atoms in total. The van der Waals surface area contributed by atoms with E-state index in [1.54, 1.807) is 18.2 Å². The van der Waals surface area contributed by atoms with Crippen LogP contribution in [0.5, 0.6) is 0 Å². The predicted octanol–water partition coefficient (Wildman–Crippen LogP) is 3.67. The third-order valence-corrected chi connectivity index (χ3v) is 8.13. The van der Waals surface area contributed by atoms with Crippen molar-refractivity contribution in [1.29, 1.82) is 0 Å². The van der Waals surface area contributed by atoms with Gasteiger partial charge in [0.05, 0.1) is 10.5 Å². The van der Waals surface area contributed by atoms with E-state index in [4.69, 9.17) is 5.73 Å². The molecule has 0 saturated heterocycles. The number of nitrogens with zero attached hydrogens (tertiary/aromatic N) is 1. The molecule has 2 aromatic carbocycles. The molecular formula is C24H26N4O4S2. The Bertz CT molecular complexity index is 1300. The number of amides is 2. The second kappa shape index (κ2) is 9.96. The summed E-state index contributed by atoms with van der Waals surface area (Å²) in [5.74, 6) is -0.952. The van der Waals surface area contributed by atoms with E-state index in [1.807, 2.05) is 0 Å². The molecule has 0 unspecified atom stereocenters. The minimum Gasteiger partial charge on any atom is -0.365 e. The summed E-state index contributed by atoms with van der Waals surface area (Å²) in [5.41, 5.74) is 7.63. The fourth-order valence-electron chi connectivity index (χ4n) is 3.99. The number of carbonyl (C=O) groups is 2. The van der Waals surface area contributed by atoms with Gasteiger partial charge < -0.3 is 11.1 Å². The van der Waals surface area contributed by atoms with Crippen LogP contribution in [0, 0.1) is 0 Å². The van der Waals surface area contributed by atoms with Crippen molar-refractivity contribution in [1.82, 2.24) is 4.90 Å². The maximum atomic E-state index is 12.9. The van der Waals surface area contributed by atoms with Gasteiger partial charge in [-0.2, -0.15) is 0 Å². The number of rotatable bonds is 8. The summed E-state index contributed by atoms with van der Waals surface area (Å²) in [5, 5.41) is 3.28. The number of nitrogens with two attached hydrogens (primary N) is 1. The molecule has 0 radical (unpaired) electrons. The van der Waals surface area contributed by atoms with Crippen LogP contribution in [0.4, 0.5) is 10.7 Å². The molecule has 0 bridgehead atoms. The Morgan fingerprint density at radius 2 is 1.79 bits per heavy atom. The molecule has 3 aromatic rings. The number of benzene rings is 2. The zero-order chi connectivity index (χ0) is 24.3. The van der Waals surface area contributed by atoms with Gasteiger partial charge >= 0.3 is 0 Å². The number of fused-ring (bicyclic) bond motifs is 1. The lowest BCUT2D eigenvalue weighted by molar-refractivity contribution is 0.1000. The van der Waals surface area contributed by atoms with Crippen molar-refractivity contribution < 1.29 is 18.0 Å². The zero-order valence-corrected chi connectivity index (χ0v) is 20.3. The van der Waals surface area contributed by atoms with Gasteiger partial charge in [0.25, 0.3) is 21.8 Å². The van der Waals surface area contributed by atoms with E-state index >= 15 is 0 Å². The van der Waals surface area contributed by atoms with Crippen molar-refractivity contribution in [2.24, 2.45) is 5.73 Å². The lowest BCUT2D eigenvalue weighted by atomic mass is 10.0. The summed E-state index contributed by atoms with van der Waals surface area (Å²) in [6.07, 6.45) is 1.76. The van der Waals surface area contributed by atoms with E-state index in [0.717, 1.165) is 42.9 Å². The van der Waals surface area contributed by atoms with E-state index < -0.39 is 21.8 Å². The van der Waals surface area contributed by atoms with Gasteiger partial charge in [0.1, 0.15) is 5.00 Å². The molecule has 4 N–H and O–H groups in total. The van der Waals surface area contributed by atoms with Gasteiger partial charge in [-0.05, 0) is 61.3 Å². The lowest BCUT2D eigenvalue weighted by Gasteiger charge is -2.26. The van der Waals surface area contributed by atoms with Gasteiger partial charge in [0, 0.05) is 29.2 Å². The van der Waals surface area contributed by atoms with Gasteiger partial charge in [-0.3, -0.25) is 19.2 Å². The Kier molecular flexibility index (Phi) is 7.01. The van der Waals surface area contributed by atoms with E-state index in [2.05, 4.69) is 21.9 Å². The molecule has 0 fully saturated rings. The fourth-order valence-corrected chi connectivity index (χ4v) is 6.36. The first-order chi connectivity index (χ1) is 16.3. The Morgan fingerprint density at radius 1 is 1.09 bits per heavy atom. The van der Waals surface area contributed by atoms with Crippen LogP contribution < -0.4 is 15.8 Å². The van der Waals surface area contributed by atoms with Crippen LogP contribution >= 0.6 is 11.3 Å². The first-order valence-electron chi connectivity index (χ1n) is 10.9. The van der Waals surface area contributed by atoms with Crippen LogP contribution in [0.3, 0.4) is 0 Å². The van der Waals surface area contributed by atoms with Crippen molar-refractivity contribution in [3.8, 4) is 0 Å². The van der Waals surface area contributed by atoms with E-state index in [1.165, 1.54) is 47.7 Å². The van der Waals surface area contributed by atoms with Crippen molar-refractivity contribution >= 4 is 43.9 Å². The zero-order valence-electron chi connectivity index (χ0n) is 18.7. The molecule has 0 saturated carbocycles. The SMILES string of the molecule is CCCN1CCc2c(sc(NC(=O)c3ccc(NS(=O)(=O)c4ccccc4)cc3)c2C(N)=O)C1. The average Bonchev–Trinajstić information content (AvgIpc) is 3.17. The first kappa shape index (κ1) is 23.9. The maximum absolute atomic E-state index is 12.9. The summed E-state index contributed by atoms with van der Waals surface area (Å²) >= 11 is 1.39. The van der Waals surface area contributed by atoms with E-state index in [9.17, 15) is 18.0 Å². The van der Waals surface area contributed by atoms with Gasteiger partial charge in [0.15, 0.2) is 0 Å².